The van der Waals surface area contributed by atoms with Gasteiger partial charge in [0.1, 0.15) is 0 Å². The zero-order chi connectivity index (χ0) is 27.1. The number of likely N-dealkylation sites (tertiary alicyclic amines) is 2. The fraction of sp³-hybridized carbons (Fsp3) is 0.679. The van der Waals surface area contributed by atoms with Gasteiger partial charge >= 0.3 is 5.97 Å². The molecule has 0 radical (unpaired) electrons. The number of piperidine rings is 1. The predicted molar refractivity (Wildman–Crippen MR) is 140 cm³/mol. The Bertz CT molecular complexity index is 979. The number of carbonyl (C=O) groups is 3. The lowest BCUT2D eigenvalue weighted by Crippen LogP contribution is -2.46. The van der Waals surface area contributed by atoms with Gasteiger partial charge in [-0.3, -0.25) is 19.3 Å². The summed E-state index contributed by atoms with van der Waals surface area (Å²) in [5, 5.41) is 19.7. The summed E-state index contributed by atoms with van der Waals surface area (Å²) in [4.78, 5) is 44.2. The lowest BCUT2D eigenvalue weighted by atomic mass is 9.84. The summed E-state index contributed by atoms with van der Waals surface area (Å²) in [5.74, 6) is -0.663. The van der Waals surface area contributed by atoms with Crippen LogP contribution in [-0.4, -0.2) is 101 Å². The number of hydrogen-bond donors (Lipinski definition) is 2. The molecule has 2 saturated heterocycles. The van der Waals surface area contributed by atoms with E-state index in [4.69, 9.17) is 9.47 Å². The number of aliphatic hydroxyl groups excluding tert-OH is 1. The summed E-state index contributed by atoms with van der Waals surface area (Å²) in [6, 6.07) is 5.16. The fourth-order valence-corrected chi connectivity index (χ4v) is 5.97. The maximum absolute atomic E-state index is 13.4. The van der Waals surface area contributed by atoms with Gasteiger partial charge in [-0.05, 0) is 49.8 Å². The Labute approximate surface area is 224 Å². The molecule has 3 unspecified atom stereocenters. The molecule has 1 aromatic carbocycles. The Kier molecular flexibility index (Phi) is 9.85. The normalized spacial score (nSPS) is 23.2. The molecule has 10 heteroatoms. The molecule has 3 aliphatic rings. The lowest BCUT2D eigenvalue weighted by molar-refractivity contribution is -0.144. The third-order valence-corrected chi connectivity index (χ3v) is 8.03. The average molecular weight is 532 g/mol. The van der Waals surface area contributed by atoms with Gasteiger partial charge in [0, 0.05) is 57.7 Å². The van der Waals surface area contributed by atoms with E-state index in [1.54, 1.807) is 4.90 Å². The van der Waals surface area contributed by atoms with Crippen molar-refractivity contribution in [2.24, 2.45) is 5.92 Å². The van der Waals surface area contributed by atoms with E-state index in [1.807, 2.05) is 28.0 Å². The van der Waals surface area contributed by atoms with Crippen LogP contribution < -0.4 is 9.47 Å². The second kappa shape index (κ2) is 13.3. The molecule has 3 atom stereocenters. The molecule has 0 aromatic heterocycles. The Balaban J connectivity index is 1.57. The first-order valence-corrected chi connectivity index (χ1v) is 14.0. The predicted octanol–water partition coefficient (Wildman–Crippen LogP) is 2.30. The van der Waals surface area contributed by atoms with Gasteiger partial charge in [-0.25, -0.2) is 0 Å². The number of benzene rings is 1. The second-order valence-electron chi connectivity index (χ2n) is 10.5. The molecule has 4 rings (SSSR count). The van der Waals surface area contributed by atoms with Gasteiger partial charge in [0.05, 0.1) is 12.5 Å². The van der Waals surface area contributed by atoms with Crippen molar-refractivity contribution in [2.75, 3.05) is 52.7 Å². The lowest BCUT2D eigenvalue weighted by Gasteiger charge is -2.32. The van der Waals surface area contributed by atoms with Gasteiger partial charge < -0.3 is 29.5 Å². The number of carboxylic acid groups (broad SMARTS) is 1. The van der Waals surface area contributed by atoms with Crippen molar-refractivity contribution in [3.8, 4) is 11.5 Å². The van der Waals surface area contributed by atoms with Crippen LogP contribution in [0.5, 0.6) is 11.5 Å². The van der Waals surface area contributed by atoms with Crippen LogP contribution in [0.4, 0.5) is 0 Å². The molecule has 1 aromatic rings. The maximum Gasteiger partial charge on any atom is 0.308 e. The number of hydrogen-bond acceptors (Lipinski definition) is 7. The highest BCUT2D eigenvalue weighted by molar-refractivity contribution is 5.79. The molecule has 210 valence electrons. The maximum atomic E-state index is 13.4. The molecule has 0 bridgehead atoms. The van der Waals surface area contributed by atoms with E-state index >= 15 is 0 Å². The van der Waals surface area contributed by atoms with Crippen LogP contribution >= 0.6 is 0 Å². The molecular weight excluding hydrogens is 490 g/mol. The van der Waals surface area contributed by atoms with E-state index in [0.717, 1.165) is 31.2 Å². The van der Waals surface area contributed by atoms with Crippen LogP contribution in [0.3, 0.4) is 0 Å². The minimum Gasteiger partial charge on any atom is -0.481 e. The van der Waals surface area contributed by atoms with Gasteiger partial charge in [-0.2, -0.15) is 0 Å². The summed E-state index contributed by atoms with van der Waals surface area (Å²) in [7, 11) is 0. The highest BCUT2D eigenvalue weighted by Gasteiger charge is 2.47. The smallest absolute Gasteiger partial charge is 0.308 e. The van der Waals surface area contributed by atoms with E-state index in [0.29, 0.717) is 63.5 Å². The number of unbranched alkanes of at least 4 members (excludes halogenated alkanes) is 1. The van der Waals surface area contributed by atoms with Gasteiger partial charge in [0.2, 0.25) is 18.6 Å². The standard InChI is InChI=1S/C28H41N3O7/c1-2-3-11-29(13-6-15-32)26(34)18-31-17-21(20-8-9-23-24(16-20)38-19-37-23)27(28(35)36)22(31)10-14-30-12-5-4-7-25(30)33/h8-9,16,21-22,27,32H,2-7,10-15,17-19H2,1H3,(H,35,36). The van der Waals surface area contributed by atoms with Crippen molar-refractivity contribution < 1.29 is 34.1 Å². The quantitative estimate of drug-likeness (QED) is 0.398. The van der Waals surface area contributed by atoms with Crippen LogP contribution in [-0.2, 0) is 14.4 Å². The van der Waals surface area contributed by atoms with Crippen LogP contribution in [0.25, 0.3) is 0 Å². The van der Waals surface area contributed by atoms with E-state index in [-0.39, 0.29) is 37.7 Å². The topological polar surface area (TPSA) is 120 Å². The average Bonchev–Trinajstić information content (AvgIpc) is 3.52. The first kappa shape index (κ1) is 28.2. The van der Waals surface area contributed by atoms with Gasteiger partial charge in [0.15, 0.2) is 11.5 Å². The Morgan fingerprint density at radius 3 is 2.66 bits per heavy atom. The summed E-state index contributed by atoms with van der Waals surface area (Å²) in [5.41, 5.74) is 0.846. The third kappa shape index (κ3) is 6.58. The highest BCUT2D eigenvalue weighted by atomic mass is 16.7. The molecule has 38 heavy (non-hydrogen) atoms. The monoisotopic (exact) mass is 531 g/mol. The number of fused-ring (bicyclic) bond motifs is 1. The van der Waals surface area contributed by atoms with Crippen LogP contribution in [0.15, 0.2) is 18.2 Å². The number of amides is 2. The minimum absolute atomic E-state index is 0.0133. The largest absolute Gasteiger partial charge is 0.481 e. The fourth-order valence-electron chi connectivity index (χ4n) is 5.97. The zero-order valence-corrected chi connectivity index (χ0v) is 22.3. The van der Waals surface area contributed by atoms with E-state index in [2.05, 4.69) is 6.92 Å². The minimum atomic E-state index is -0.902. The van der Waals surface area contributed by atoms with Crippen molar-refractivity contribution in [3.05, 3.63) is 23.8 Å². The molecule has 3 heterocycles. The summed E-state index contributed by atoms with van der Waals surface area (Å²) in [6.07, 6.45) is 5.20. The van der Waals surface area contributed by atoms with E-state index < -0.39 is 17.9 Å². The number of ether oxygens (including phenoxy) is 2. The number of nitrogens with zero attached hydrogens (tertiary/aromatic N) is 3. The van der Waals surface area contributed by atoms with E-state index in [9.17, 15) is 24.6 Å². The first-order chi connectivity index (χ1) is 18.4. The highest BCUT2D eigenvalue weighted by Crippen LogP contribution is 2.42. The van der Waals surface area contributed by atoms with Crippen LogP contribution in [0.1, 0.15) is 63.4 Å². The number of aliphatic carboxylic acids is 1. The summed E-state index contributed by atoms with van der Waals surface area (Å²) >= 11 is 0. The molecule has 2 fully saturated rings. The summed E-state index contributed by atoms with van der Waals surface area (Å²) < 4.78 is 11.0. The second-order valence-corrected chi connectivity index (χ2v) is 10.5. The van der Waals surface area contributed by atoms with Gasteiger partial charge in [-0.1, -0.05) is 19.4 Å². The van der Waals surface area contributed by atoms with Gasteiger partial charge in [-0.15, -0.1) is 0 Å². The SMILES string of the molecule is CCCCN(CCCO)C(=O)CN1CC(c2ccc3c(c2)OCO3)C(C(=O)O)C1CCN1CCCCC1=O. The zero-order valence-electron chi connectivity index (χ0n) is 22.3. The molecule has 0 saturated carbocycles. The summed E-state index contributed by atoms with van der Waals surface area (Å²) in [6.45, 7) is 5.02. The van der Waals surface area contributed by atoms with Crippen molar-refractivity contribution in [3.63, 3.8) is 0 Å². The van der Waals surface area contributed by atoms with Crippen molar-refractivity contribution in [1.29, 1.82) is 0 Å². The molecule has 0 aliphatic carbocycles. The first-order valence-electron chi connectivity index (χ1n) is 14.0. The van der Waals surface area contributed by atoms with E-state index in [1.165, 1.54) is 0 Å². The number of aliphatic hydroxyl groups is 1. The Morgan fingerprint density at radius 1 is 1.13 bits per heavy atom. The number of rotatable bonds is 13. The van der Waals surface area contributed by atoms with Crippen LogP contribution in [0.2, 0.25) is 0 Å². The van der Waals surface area contributed by atoms with Crippen LogP contribution in [0, 0.1) is 5.92 Å². The Morgan fingerprint density at radius 2 is 1.92 bits per heavy atom. The molecule has 2 amide bonds. The van der Waals surface area contributed by atoms with Crippen molar-refractivity contribution in [2.45, 2.75) is 63.8 Å². The van der Waals surface area contributed by atoms with Gasteiger partial charge in [0.25, 0.3) is 0 Å². The third-order valence-electron chi connectivity index (χ3n) is 8.03. The molecule has 3 aliphatic heterocycles. The number of carbonyl (C=O) groups excluding carboxylic acids is 2. The van der Waals surface area contributed by atoms with Crippen molar-refractivity contribution >= 4 is 17.8 Å². The molecule has 2 N–H and O–H groups in total. The Hall–Kier alpha value is -2.85. The molecule has 10 nitrogen and oxygen atoms in total. The van der Waals surface area contributed by atoms with Crippen molar-refractivity contribution in [1.82, 2.24) is 14.7 Å². The molecule has 0 spiro atoms. The molecular formula is C28H41N3O7. The number of carboxylic acids is 1.